The van der Waals surface area contributed by atoms with Gasteiger partial charge in [0.1, 0.15) is 5.01 Å². The number of hydrogen-bond acceptors (Lipinski definition) is 10. The van der Waals surface area contributed by atoms with E-state index in [0.717, 1.165) is 18.3 Å². The maximum atomic E-state index is 9.14. The number of allylic oxidation sites excluding steroid dienone is 1. The molecule has 0 saturated heterocycles. The van der Waals surface area contributed by atoms with E-state index in [0.29, 0.717) is 39.2 Å². The summed E-state index contributed by atoms with van der Waals surface area (Å²) in [5.41, 5.74) is 15.5. The minimum absolute atomic E-state index is 0.0769. The second-order valence-corrected chi connectivity index (χ2v) is 8.52. The molecule has 10 heteroatoms. The van der Waals surface area contributed by atoms with Crippen molar-refractivity contribution in [3.05, 3.63) is 58.4 Å². The van der Waals surface area contributed by atoms with Crippen LogP contribution in [0.2, 0.25) is 0 Å². The van der Waals surface area contributed by atoms with Crippen LogP contribution in [0.3, 0.4) is 0 Å². The highest BCUT2D eigenvalue weighted by Gasteiger charge is 2.34. The normalized spacial score (nSPS) is 17.3. The molecule has 34 heavy (non-hydrogen) atoms. The molecule has 6 N–H and O–H groups in total. The van der Waals surface area contributed by atoms with Crippen LogP contribution in [0.4, 0.5) is 17.2 Å². The molecular weight excluding hydrogens is 446 g/mol. The Balaban J connectivity index is 0.00000103. The first-order chi connectivity index (χ1) is 16.5. The Morgan fingerprint density at radius 3 is 2.53 bits per heavy atom. The third-order valence-corrected chi connectivity index (χ3v) is 5.90. The quantitative estimate of drug-likeness (QED) is 0.398. The van der Waals surface area contributed by atoms with E-state index in [4.69, 9.17) is 27.1 Å². The summed E-state index contributed by atoms with van der Waals surface area (Å²) in [5.74, 6) is 0.960. The molecule has 0 amide bonds. The summed E-state index contributed by atoms with van der Waals surface area (Å²) in [6, 6.07) is 9.34. The van der Waals surface area contributed by atoms with Gasteiger partial charge in [0.15, 0.2) is 11.6 Å². The van der Waals surface area contributed by atoms with Crippen molar-refractivity contribution in [3.63, 3.8) is 0 Å². The second-order valence-electron chi connectivity index (χ2n) is 7.62. The van der Waals surface area contributed by atoms with Crippen molar-refractivity contribution in [2.45, 2.75) is 45.8 Å². The van der Waals surface area contributed by atoms with E-state index in [1.54, 1.807) is 24.5 Å². The van der Waals surface area contributed by atoms with Crippen molar-refractivity contribution in [2.24, 2.45) is 11.5 Å². The van der Waals surface area contributed by atoms with Gasteiger partial charge in [-0.25, -0.2) is 15.0 Å². The number of benzene rings is 1. The summed E-state index contributed by atoms with van der Waals surface area (Å²) >= 11 is 1.38. The second kappa shape index (κ2) is 11.4. The number of nitrogens with one attached hydrogen (secondary N) is 2. The lowest BCUT2D eigenvalue weighted by Gasteiger charge is -2.41. The van der Waals surface area contributed by atoms with Gasteiger partial charge in [-0.1, -0.05) is 27.2 Å². The summed E-state index contributed by atoms with van der Waals surface area (Å²) in [4.78, 5) is 15.5. The van der Waals surface area contributed by atoms with Crippen LogP contribution in [0.1, 0.15) is 50.0 Å². The fourth-order valence-electron chi connectivity index (χ4n) is 3.56. The molecule has 9 nitrogen and oxygen atoms in total. The van der Waals surface area contributed by atoms with Gasteiger partial charge < -0.3 is 27.1 Å². The lowest BCUT2D eigenvalue weighted by molar-refractivity contribution is 0.526. The number of nitriles is 1. The third-order valence-electron chi connectivity index (χ3n) is 5.10. The van der Waals surface area contributed by atoms with E-state index in [2.05, 4.69) is 42.1 Å². The SMILES string of the molecule is CCC.CCC1C(N)Nc2cnc(/C(C=N)=C(/N)c3nccs3)nc2N1c1ccc(C#N)cc1. The van der Waals surface area contributed by atoms with E-state index in [9.17, 15) is 0 Å². The zero-order valence-electron chi connectivity index (χ0n) is 19.5. The fraction of sp³-hybridized carbons (Fsp3) is 0.292. The average Bonchev–Trinajstić information content (AvgIpc) is 3.39. The number of nitrogens with zero attached hydrogens (tertiary/aromatic N) is 5. The molecule has 2 atom stereocenters. The van der Waals surface area contributed by atoms with Crippen molar-refractivity contribution in [1.82, 2.24) is 15.0 Å². The number of nitrogens with two attached hydrogens (primary N) is 2. The van der Waals surface area contributed by atoms with Crippen LogP contribution in [0, 0.1) is 16.7 Å². The van der Waals surface area contributed by atoms with Gasteiger partial charge in [-0.3, -0.25) is 0 Å². The van der Waals surface area contributed by atoms with Crippen molar-refractivity contribution in [2.75, 3.05) is 10.2 Å². The highest BCUT2D eigenvalue weighted by molar-refractivity contribution is 7.10. The number of hydrogen-bond donors (Lipinski definition) is 4. The minimum atomic E-state index is -0.333. The van der Waals surface area contributed by atoms with Gasteiger partial charge in [-0.15, -0.1) is 11.3 Å². The zero-order valence-corrected chi connectivity index (χ0v) is 20.3. The highest BCUT2D eigenvalue weighted by Crippen LogP contribution is 2.38. The number of anilines is 3. The van der Waals surface area contributed by atoms with E-state index in [1.807, 2.05) is 22.4 Å². The first-order valence-electron chi connectivity index (χ1n) is 11.1. The molecule has 0 bridgehead atoms. The van der Waals surface area contributed by atoms with Gasteiger partial charge in [0.25, 0.3) is 0 Å². The Hall–Kier alpha value is -3.81. The van der Waals surface area contributed by atoms with Crippen molar-refractivity contribution >= 4 is 46.0 Å². The van der Waals surface area contributed by atoms with Gasteiger partial charge in [0.2, 0.25) is 0 Å². The minimum Gasteiger partial charge on any atom is -0.396 e. The Kier molecular flexibility index (Phi) is 8.29. The number of rotatable bonds is 5. The van der Waals surface area contributed by atoms with Crippen LogP contribution in [0.25, 0.3) is 11.3 Å². The predicted molar refractivity (Wildman–Crippen MR) is 139 cm³/mol. The standard InChI is InChI=1S/C21H21N9S.C3H8/c1-2-16-18(25)28-15-11-27-19(14(10-23)17(24)21-26-7-8-31-21)29-20(15)30(16)13-5-3-12(9-22)4-6-13;1-3-2/h3-8,10-11,16,18,23,28H,2,24-25H2,1H3;3H2,1-2H3/b17-14+,23-10?;. The molecule has 0 aliphatic carbocycles. The number of thiazole rings is 1. The number of fused-ring (bicyclic) bond motifs is 1. The smallest absolute Gasteiger partial charge is 0.165 e. The van der Waals surface area contributed by atoms with Gasteiger partial charge in [-0.2, -0.15) is 5.26 Å². The Labute approximate surface area is 203 Å². The summed E-state index contributed by atoms with van der Waals surface area (Å²) in [6.45, 7) is 6.30. The van der Waals surface area contributed by atoms with Gasteiger partial charge >= 0.3 is 0 Å². The largest absolute Gasteiger partial charge is 0.396 e. The molecule has 2 aromatic heterocycles. The molecule has 1 aliphatic heterocycles. The van der Waals surface area contributed by atoms with Crippen molar-refractivity contribution in [3.8, 4) is 6.07 Å². The molecule has 2 unspecified atom stereocenters. The summed E-state index contributed by atoms with van der Waals surface area (Å²) in [7, 11) is 0. The maximum absolute atomic E-state index is 9.14. The molecule has 0 radical (unpaired) electrons. The summed E-state index contributed by atoms with van der Waals surface area (Å²) in [5, 5.41) is 22.7. The van der Waals surface area contributed by atoms with E-state index < -0.39 is 0 Å². The Bertz CT molecular complexity index is 1180. The maximum Gasteiger partial charge on any atom is 0.165 e. The van der Waals surface area contributed by atoms with Gasteiger partial charge in [-0.05, 0) is 30.7 Å². The molecule has 0 spiro atoms. The monoisotopic (exact) mass is 475 g/mol. The third kappa shape index (κ3) is 5.06. The lowest BCUT2D eigenvalue weighted by atomic mass is 10.0. The lowest BCUT2D eigenvalue weighted by Crippen LogP contribution is -2.53. The molecule has 1 aromatic carbocycles. The van der Waals surface area contributed by atoms with Crippen molar-refractivity contribution in [1.29, 1.82) is 10.7 Å². The topological polar surface area (TPSA) is 154 Å². The van der Waals surface area contributed by atoms with Crippen molar-refractivity contribution < 1.29 is 0 Å². The molecule has 4 rings (SSSR count). The average molecular weight is 476 g/mol. The van der Waals surface area contributed by atoms with Gasteiger partial charge in [0.05, 0.1) is 47.0 Å². The fourth-order valence-corrected chi connectivity index (χ4v) is 4.17. The van der Waals surface area contributed by atoms with E-state index in [1.165, 1.54) is 17.8 Å². The first kappa shape index (κ1) is 24.8. The van der Waals surface area contributed by atoms with E-state index in [-0.39, 0.29) is 12.2 Å². The van der Waals surface area contributed by atoms with Crippen LogP contribution < -0.4 is 21.7 Å². The predicted octanol–water partition coefficient (Wildman–Crippen LogP) is 4.32. The Morgan fingerprint density at radius 2 is 1.97 bits per heavy atom. The highest BCUT2D eigenvalue weighted by atomic mass is 32.1. The van der Waals surface area contributed by atoms with Crippen LogP contribution in [0.5, 0.6) is 0 Å². The Morgan fingerprint density at radius 1 is 1.26 bits per heavy atom. The molecule has 176 valence electrons. The molecule has 0 saturated carbocycles. The zero-order chi connectivity index (χ0) is 24.7. The van der Waals surface area contributed by atoms with Crippen LogP contribution in [0.15, 0.2) is 42.0 Å². The summed E-state index contributed by atoms with van der Waals surface area (Å²) in [6.07, 6.45) is 6.14. The molecular formula is C24H29N9S. The van der Waals surface area contributed by atoms with Crippen LogP contribution in [-0.2, 0) is 0 Å². The first-order valence-corrected chi connectivity index (χ1v) is 12.0. The molecule has 1 aliphatic rings. The van der Waals surface area contributed by atoms with Crippen LogP contribution in [-0.4, -0.2) is 33.4 Å². The van der Waals surface area contributed by atoms with Gasteiger partial charge in [0, 0.05) is 23.5 Å². The van der Waals surface area contributed by atoms with E-state index >= 15 is 0 Å². The number of aromatic nitrogens is 3. The summed E-state index contributed by atoms with van der Waals surface area (Å²) < 4.78 is 0. The molecule has 3 aromatic rings. The molecule has 3 heterocycles. The molecule has 0 fully saturated rings. The van der Waals surface area contributed by atoms with Crippen LogP contribution >= 0.6 is 11.3 Å².